The van der Waals surface area contributed by atoms with E-state index in [0.29, 0.717) is 12.2 Å². The van der Waals surface area contributed by atoms with E-state index in [1.807, 2.05) is 36.4 Å². The lowest BCUT2D eigenvalue weighted by Gasteiger charge is -2.17. The molecule has 0 unspecified atom stereocenters. The Balaban J connectivity index is 1.83. The van der Waals surface area contributed by atoms with Crippen LogP contribution in [-0.2, 0) is 4.74 Å². The first-order valence-corrected chi connectivity index (χ1v) is 9.99. The van der Waals surface area contributed by atoms with Crippen LogP contribution in [0.5, 0.6) is 0 Å². The van der Waals surface area contributed by atoms with Crippen molar-refractivity contribution in [2.45, 2.75) is 27.2 Å². The highest BCUT2D eigenvalue weighted by molar-refractivity contribution is 6.08. The molecule has 0 saturated heterocycles. The van der Waals surface area contributed by atoms with Gasteiger partial charge in [-0.15, -0.1) is 0 Å². The number of esters is 1. The van der Waals surface area contributed by atoms with Crippen molar-refractivity contribution in [1.29, 1.82) is 0 Å². The van der Waals surface area contributed by atoms with Crippen molar-refractivity contribution in [2.75, 3.05) is 26.2 Å². The molecule has 4 nitrogen and oxygen atoms in total. The minimum atomic E-state index is -0.306. The van der Waals surface area contributed by atoms with Crippen LogP contribution in [0.2, 0.25) is 0 Å². The van der Waals surface area contributed by atoms with Crippen LogP contribution in [-0.4, -0.2) is 42.1 Å². The number of nitrogens with zero attached hydrogens (tertiary/aromatic N) is 2. The number of benzene rings is 2. The maximum Gasteiger partial charge on any atom is 0.340 e. The van der Waals surface area contributed by atoms with Gasteiger partial charge >= 0.3 is 5.97 Å². The lowest BCUT2D eigenvalue weighted by molar-refractivity contribution is 0.0491. The zero-order valence-corrected chi connectivity index (χ0v) is 16.9. The SMILES string of the molecule is CCN(CC)CCCOC(=O)c1cnc(-c2ccccc2C)c2ccccc12. The van der Waals surface area contributed by atoms with Crippen molar-refractivity contribution in [1.82, 2.24) is 9.88 Å². The van der Waals surface area contributed by atoms with Crippen LogP contribution >= 0.6 is 0 Å². The highest BCUT2D eigenvalue weighted by atomic mass is 16.5. The third-order valence-electron chi connectivity index (χ3n) is 5.16. The molecule has 0 atom stereocenters. The van der Waals surface area contributed by atoms with E-state index in [1.165, 1.54) is 0 Å². The van der Waals surface area contributed by atoms with Gasteiger partial charge in [-0.05, 0) is 37.4 Å². The molecule has 3 aromatic rings. The molecule has 0 radical (unpaired) electrons. The number of rotatable bonds is 8. The van der Waals surface area contributed by atoms with Gasteiger partial charge in [-0.2, -0.15) is 0 Å². The van der Waals surface area contributed by atoms with Gasteiger partial charge in [0.05, 0.1) is 17.9 Å². The van der Waals surface area contributed by atoms with Crippen LogP contribution in [0, 0.1) is 6.92 Å². The topological polar surface area (TPSA) is 42.4 Å². The monoisotopic (exact) mass is 376 g/mol. The minimum Gasteiger partial charge on any atom is -0.462 e. The molecule has 0 aliphatic heterocycles. The Labute approximate surface area is 167 Å². The van der Waals surface area contributed by atoms with E-state index in [-0.39, 0.29) is 5.97 Å². The second-order valence-corrected chi connectivity index (χ2v) is 6.90. The summed E-state index contributed by atoms with van der Waals surface area (Å²) in [4.78, 5) is 19.6. The number of aromatic nitrogens is 1. The molecule has 0 bridgehead atoms. The molecule has 28 heavy (non-hydrogen) atoms. The predicted octanol–water partition coefficient (Wildman–Crippen LogP) is 5.10. The lowest BCUT2D eigenvalue weighted by atomic mass is 9.98. The second kappa shape index (κ2) is 9.47. The van der Waals surface area contributed by atoms with E-state index >= 15 is 0 Å². The largest absolute Gasteiger partial charge is 0.462 e. The lowest BCUT2D eigenvalue weighted by Crippen LogP contribution is -2.25. The van der Waals surface area contributed by atoms with Gasteiger partial charge in [0.15, 0.2) is 0 Å². The summed E-state index contributed by atoms with van der Waals surface area (Å²) < 4.78 is 5.54. The Morgan fingerprint density at radius 3 is 2.39 bits per heavy atom. The Bertz CT molecular complexity index is 948. The van der Waals surface area contributed by atoms with Crippen LogP contribution in [0.1, 0.15) is 36.2 Å². The maximum atomic E-state index is 12.7. The Morgan fingerprint density at radius 2 is 1.68 bits per heavy atom. The molecule has 0 aliphatic carbocycles. The Hall–Kier alpha value is -2.72. The molecule has 0 saturated carbocycles. The number of hydrogen-bond acceptors (Lipinski definition) is 4. The summed E-state index contributed by atoms with van der Waals surface area (Å²) in [5, 5.41) is 1.85. The minimum absolute atomic E-state index is 0.306. The summed E-state index contributed by atoms with van der Waals surface area (Å²) in [7, 11) is 0. The van der Waals surface area contributed by atoms with E-state index in [1.54, 1.807) is 6.20 Å². The van der Waals surface area contributed by atoms with Crippen LogP contribution in [0.3, 0.4) is 0 Å². The second-order valence-electron chi connectivity index (χ2n) is 6.90. The van der Waals surface area contributed by atoms with Crippen LogP contribution in [0.25, 0.3) is 22.0 Å². The maximum absolute atomic E-state index is 12.7. The molecule has 0 N–H and O–H groups in total. The first kappa shape index (κ1) is 20.0. The fourth-order valence-corrected chi connectivity index (χ4v) is 3.48. The Morgan fingerprint density at radius 1 is 1.00 bits per heavy atom. The normalized spacial score (nSPS) is 11.1. The van der Waals surface area contributed by atoms with Crippen LogP contribution < -0.4 is 0 Å². The number of ether oxygens (including phenoxy) is 1. The molecule has 0 spiro atoms. The van der Waals surface area contributed by atoms with Crippen molar-refractivity contribution in [3.8, 4) is 11.3 Å². The number of fused-ring (bicyclic) bond motifs is 1. The van der Waals surface area contributed by atoms with Gasteiger partial charge in [-0.3, -0.25) is 4.98 Å². The highest BCUT2D eigenvalue weighted by Crippen LogP contribution is 2.30. The number of carbonyl (C=O) groups is 1. The molecule has 0 aliphatic rings. The van der Waals surface area contributed by atoms with E-state index in [2.05, 4.69) is 42.8 Å². The predicted molar refractivity (Wildman–Crippen MR) is 115 cm³/mol. The molecular formula is C24H28N2O2. The van der Waals surface area contributed by atoms with Gasteiger partial charge in [0, 0.05) is 23.7 Å². The molecule has 146 valence electrons. The molecule has 0 fully saturated rings. The third-order valence-corrected chi connectivity index (χ3v) is 5.16. The van der Waals surface area contributed by atoms with E-state index in [0.717, 1.165) is 53.6 Å². The van der Waals surface area contributed by atoms with Crippen molar-refractivity contribution < 1.29 is 9.53 Å². The summed E-state index contributed by atoms with van der Waals surface area (Å²) in [6, 6.07) is 16.1. The molecule has 2 aromatic carbocycles. The highest BCUT2D eigenvalue weighted by Gasteiger charge is 2.16. The number of carbonyl (C=O) groups excluding carboxylic acids is 1. The van der Waals surface area contributed by atoms with Gasteiger partial charge in [-0.1, -0.05) is 62.4 Å². The van der Waals surface area contributed by atoms with E-state index < -0.39 is 0 Å². The molecule has 0 amide bonds. The average Bonchev–Trinajstić information content (AvgIpc) is 2.73. The standard InChI is InChI=1S/C24H28N2O2/c1-4-26(5-2)15-10-16-28-24(27)22-17-25-23(19-12-7-6-11-18(19)3)21-14-9-8-13-20(21)22/h6-9,11-14,17H,4-5,10,15-16H2,1-3H3. The summed E-state index contributed by atoms with van der Waals surface area (Å²) in [6.07, 6.45) is 2.48. The van der Waals surface area contributed by atoms with Gasteiger partial charge in [0.1, 0.15) is 0 Å². The van der Waals surface area contributed by atoms with Crippen LogP contribution in [0.4, 0.5) is 0 Å². The van der Waals surface area contributed by atoms with Crippen LogP contribution in [0.15, 0.2) is 54.7 Å². The fraction of sp³-hybridized carbons (Fsp3) is 0.333. The van der Waals surface area contributed by atoms with Crippen molar-refractivity contribution in [2.24, 2.45) is 0 Å². The number of aryl methyl sites for hydroxylation is 1. The summed E-state index contributed by atoms with van der Waals surface area (Å²) in [5.74, 6) is -0.306. The van der Waals surface area contributed by atoms with Gasteiger partial charge in [-0.25, -0.2) is 4.79 Å². The average molecular weight is 377 g/mol. The Kier molecular flexibility index (Phi) is 6.77. The molecule has 1 aromatic heterocycles. The van der Waals surface area contributed by atoms with Gasteiger partial charge < -0.3 is 9.64 Å². The number of hydrogen-bond donors (Lipinski definition) is 0. The zero-order chi connectivity index (χ0) is 19.9. The van der Waals surface area contributed by atoms with E-state index in [4.69, 9.17) is 4.74 Å². The first-order valence-electron chi connectivity index (χ1n) is 9.99. The molecule has 1 heterocycles. The zero-order valence-electron chi connectivity index (χ0n) is 16.9. The van der Waals surface area contributed by atoms with Gasteiger partial charge in [0.25, 0.3) is 0 Å². The van der Waals surface area contributed by atoms with Crippen molar-refractivity contribution in [3.05, 3.63) is 65.9 Å². The summed E-state index contributed by atoms with van der Waals surface area (Å²) in [6.45, 7) is 9.74. The van der Waals surface area contributed by atoms with E-state index in [9.17, 15) is 4.79 Å². The molecular weight excluding hydrogens is 348 g/mol. The summed E-state index contributed by atoms with van der Waals surface area (Å²) in [5.41, 5.74) is 3.66. The smallest absolute Gasteiger partial charge is 0.340 e. The number of pyridine rings is 1. The molecule has 3 rings (SSSR count). The first-order chi connectivity index (χ1) is 13.7. The summed E-state index contributed by atoms with van der Waals surface area (Å²) >= 11 is 0. The van der Waals surface area contributed by atoms with Crippen molar-refractivity contribution >= 4 is 16.7 Å². The third kappa shape index (κ3) is 4.39. The molecule has 4 heteroatoms. The van der Waals surface area contributed by atoms with Crippen molar-refractivity contribution in [3.63, 3.8) is 0 Å². The quantitative estimate of drug-likeness (QED) is 0.405. The van der Waals surface area contributed by atoms with Gasteiger partial charge in [0.2, 0.25) is 0 Å². The fourth-order valence-electron chi connectivity index (χ4n) is 3.48.